The minimum atomic E-state index is -0.695. The fourth-order valence-electron chi connectivity index (χ4n) is 3.28. The molecule has 3 N–H and O–H groups in total. The van der Waals surface area contributed by atoms with Gasteiger partial charge in [0.2, 0.25) is 5.91 Å². The van der Waals surface area contributed by atoms with E-state index in [9.17, 15) is 9.59 Å². The molecule has 0 aromatic heterocycles. The molecule has 0 fully saturated rings. The van der Waals surface area contributed by atoms with Crippen LogP contribution in [-0.2, 0) is 11.2 Å². The molecule has 0 aliphatic rings. The predicted octanol–water partition coefficient (Wildman–Crippen LogP) is 5.04. The Labute approximate surface area is 177 Å². The molecule has 3 aromatic rings. The molecule has 5 nitrogen and oxygen atoms in total. The van der Waals surface area contributed by atoms with Crippen molar-refractivity contribution in [3.05, 3.63) is 95.1 Å². The summed E-state index contributed by atoms with van der Waals surface area (Å²) in [5.41, 5.74) is 5.63. The highest BCUT2D eigenvalue weighted by molar-refractivity contribution is 5.99. The van der Waals surface area contributed by atoms with Crippen molar-refractivity contribution in [3.63, 3.8) is 0 Å². The zero-order chi connectivity index (χ0) is 21.5. The number of urea groups is 1. The number of carbonyl (C=O) groups is 2. The van der Waals surface area contributed by atoms with E-state index in [2.05, 4.69) is 28.1 Å². The first-order chi connectivity index (χ1) is 14.4. The zero-order valence-corrected chi connectivity index (χ0v) is 17.5. The van der Waals surface area contributed by atoms with Crippen molar-refractivity contribution in [2.24, 2.45) is 0 Å². The molecule has 3 aromatic carbocycles. The maximum Gasteiger partial charge on any atom is 0.319 e. The molecule has 1 unspecified atom stereocenters. The van der Waals surface area contributed by atoms with Crippen LogP contribution >= 0.6 is 0 Å². The predicted molar refractivity (Wildman–Crippen MR) is 122 cm³/mol. The maximum atomic E-state index is 12.7. The molecule has 0 radical (unpaired) electrons. The van der Waals surface area contributed by atoms with Crippen LogP contribution in [0.25, 0.3) is 0 Å². The van der Waals surface area contributed by atoms with E-state index < -0.39 is 12.1 Å². The molecule has 5 heteroatoms. The van der Waals surface area contributed by atoms with Gasteiger partial charge >= 0.3 is 6.03 Å². The van der Waals surface area contributed by atoms with Gasteiger partial charge in [-0.05, 0) is 55.5 Å². The molecule has 154 valence electrons. The van der Waals surface area contributed by atoms with Gasteiger partial charge in [-0.25, -0.2) is 4.79 Å². The Hall–Kier alpha value is -3.60. The number of rotatable bonds is 6. The summed E-state index contributed by atoms with van der Waals surface area (Å²) in [7, 11) is 0. The number of carbonyl (C=O) groups excluding carboxylic acids is 2. The number of hydrogen-bond donors (Lipinski definition) is 3. The Balaban J connectivity index is 1.63. The van der Waals surface area contributed by atoms with Gasteiger partial charge in [-0.2, -0.15) is 0 Å². The van der Waals surface area contributed by atoms with Crippen LogP contribution in [-0.4, -0.2) is 18.0 Å². The molecule has 0 bridgehead atoms. The molecular formula is C25H27N3O2. The fourth-order valence-corrected chi connectivity index (χ4v) is 3.28. The molecule has 0 aliphatic carbocycles. The van der Waals surface area contributed by atoms with E-state index in [1.807, 2.05) is 74.5 Å². The lowest BCUT2D eigenvalue weighted by Crippen LogP contribution is -2.43. The SMILES string of the molecule is Cc1cccc(C)c1NC(=O)NC(C)C(=O)Nc1ccccc1Cc1ccccc1. The lowest BCUT2D eigenvalue weighted by molar-refractivity contribution is -0.117. The number of amides is 3. The van der Waals surface area contributed by atoms with Gasteiger partial charge in [0.25, 0.3) is 0 Å². The lowest BCUT2D eigenvalue weighted by Gasteiger charge is -2.18. The van der Waals surface area contributed by atoms with Gasteiger partial charge in [0.15, 0.2) is 0 Å². The molecule has 1 atom stereocenters. The number of para-hydroxylation sites is 2. The molecular weight excluding hydrogens is 374 g/mol. The summed E-state index contributed by atoms with van der Waals surface area (Å²) in [5.74, 6) is -0.271. The zero-order valence-electron chi connectivity index (χ0n) is 17.5. The van der Waals surface area contributed by atoms with Crippen molar-refractivity contribution in [1.82, 2.24) is 5.32 Å². The molecule has 0 aliphatic heterocycles. The summed E-state index contributed by atoms with van der Waals surface area (Å²) in [6.45, 7) is 5.53. The third-order valence-electron chi connectivity index (χ3n) is 4.97. The number of hydrogen-bond acceptors (Lipinski definition) is 2. The minimum absolute atomic E-state index is 0.271. The van der Waals surface area contributed by atoms with E-state index in [0.717, 1.165) is 28.1 Å². The van der Waals surface area contributed by atoms with Crippen LogP contribution in [0.1, 0.15) is 29.2 Å². The molecule has 3 amide bonds. The van der Waals surface area contributed by atoms with E-state index in [1.54, 1.807) is 6.92 Å². The number of anilines is 2. The summed E-state index contributed by atoms with van der Waals surface area (Å²) in [6.07, 6.45) is 0.714. The second-order valence-corrected chi connectivity index (χ2v) is 7.40. The molecule has 0 saturated heterocycles. The van der Waals surface area contributed by atoms with Gasteiger partial charge in [0, 0.05) is 11.4 Å². The molecule has 0 spiro atoms. The van der Waals surface area contributed by atoms with Gasteiger partial charge in [-0.1, -0.05) is 66.7 Å². The molecule has 0 heterocycles. The summed E-state index contributed by atoms with van der Waals surface area (Å²) < 4.78 is 0. The highest BCUT2D eigenvalue weighted by Gasteiger charge is 2.17. The van der Waals surface area contributed by atoms with E-state index >= 15 is 0 Å². The average Bonchev–Trinajstić information content (AvgIpc) is 2.73. The quantitative estimate of drug-likeness (QED) is 0.541. The number of nitrogens with one attached hydrogen (secondary N) is 3. The topological polar surface area (TPSA) is 70.2 Å². The van der Waals surface area contributed by atoms with Crippen molar-refractivity contribution in [3.8, 4) is 0 Å². The van der Waals surface area contributed by atoms with E-state index in [0.29, 0.717) is 6.42 Å². The van der Waals surface area contributed by atoms with Crippen molar-refractivity contribution in [1.29, 1.82) is 0 Å². The van der Waals surface area contributed by atoms with Gasteiger partial charge in [-0.15, -0.1) is 0 Å². The van der Waals surface area contributed by atoms with Gasteiger partial charge < -0.3 is 16.0 Å². The van der Waals surface area contributed by atoms with Gasteiger partial charge in [0.1, 0.15) is 6.04 Å². The Morgan fingerprint density at radius 1 is 0.800 bits per heavy atom. The Morgan fingerprint density at radius 2 is 1.43 bits per heavy atom. The van der Waals surface area contributed by atoms with E-state index in [4.69, 9.17) is 0 Å². The summed E-state index contributed by atoms with van der Waals surface area (Å²) in [4.78, 5) is 25.1. The standard InChI is InChI=1S/C25H27N3O2/c1-17-10-9-11-18(2)23(17)28-25(30)26-19(3)24(29)27-22-15-8-7-14-21(22)16-20-12-5-4-6-13-20/h4-15,19H,16H2,1-3H3,(H,27,29)(H2,26,28,30). The van der Waals surface area contributed by atoms with Crippen LogP contribution in [0.3, 0.4) is 0 Å². The van der Waals surface area contributed by atoms with E-state index in [-0.39, 0.29) is 5.91 Å². The van der Waals surface area contributed by atoms with Crippen LogP contribution in [0, 0.1) is 13.8 Å². The second-order valence-electron chi connectivity index (χ2n) is 7.40. The number of aryl methyl sites for hydroxylation is 2. The molecule has 3 rings (SSSR count). The first kappa shape index (κ1) is 21.1. The van der Waals surface area contributed by atoms with Crippen LogP contribution in [0.2, 0.25) is 0 Å². The first-order valence-corrected chi connectivity index (χ1v) is 10.0. The number of benzene rings is 3. The van der Waals surface area contributed by atoms with Crippen molar-refractivity contribution >= 4 is 23.3 Å². The van der Waals surface area contributed by atoms with Crippen molar-refractivity contribution in [2.75, 3.05) is 10.6 Å². The lowest BCUT2D eigenvalue weighted by atomic mass is 10.0. The Morgan fingerprint density at radius 3 is 2.13 bits per heavy atom. The average molecular weight is 402 g/mol. The third-order valence-corrected chi connectivity index (χ3v) is 4.97. The summed E-state index contributed by atoms with van der Waals surface area (Å²) in [6, 6.07) is 22.5. The van der Waals surface area contributed by atoms with E-state index in [1.165, 1.54) is 5.56 Å². The monoisotopic (exact) mass is 401 g/mol. The van der Waals surface area contributed by atoms with Crippen LogP contribution in [0.15, 0.2) is 72.8 Å². The smallest absolute Gasteiger partial charge is 0.319 e. The second kappa shape index (κ2) is 9.74. The third kappa shape index (κ3) is 5.47. The minimum Gasteiger partial charge on any atom is -0.326 e. The Kier molecular flexibility index (Phi) is 6.86. The normalized spacial score (nSPS) is 11.4. The molecule has 30 heavy (non-hydrogen) atoms. The fraction of sp³-hybridized carbons (Fsp3) is 0.200. The summed E-state index contributed by atoms with van der Waals surface area (Å²) >= 11 is 0. The first-order valence-electron chi connectivity index (χ1n) is 10.0. The Bertz CT molecular complexity index is 1010. The van der Waals surface area contributed by atoms with Gasteiger partial charge in [-0.3, -0.25) is 4.79 Å². The molecule has 0 saturated carbocycles. The van der Waals surface area contributed by atoms with Gasteiger partial charge in [0.05, 0.1) is 0 Å². The van der Waals surface area contributed by atoms with Crippen LogP contribution in [0.5, 0.6) is 0 Å². The largest absolute Gasteiger partial charge is 0.326 e. The highest BCUT2D eigenvalue weighted by Crippen LogP contribution is 2.20. The highest BCUT2D eigenvalue weighted by atomic mass is 16.2. The maximum absolute atomic E-state index is 12.7. The van der Waals surface area contributed by atoms with Crippen LogP contribution < -0.4 is 16.0 Å². The van der Waals surface area contributed by atoms with Crippen molar-refractivity contribution in [2.45, 2.75) is 33.2 Å². The van der Waals surface area contributed by atoms with Crippen molar-refractivity contribution < 1.29 is 9.59 Å². The summed E-state index contributed by atoms with van der Waals surface area (Å²) in [5, 5.41) is 8.49. The van der Waals surface area contributed by atoms with Crippen LogP contribution in [0.4, 0.5) is 16.2 Å².